The number of fused-ring (bicyclic) bond motifs is 12. The molecule has 0 atom stereocenters. The maximum atomic E-state index is 5.19. The van der Waals surface area contributed by atoms with Crippen molar-refractivity contribution < 1.29 is 0 Å². The van der Waals surface area contributed by atoms with Crippen molar-refractivity contribution in [3.05, 3.63) is 328 Å². The molecule has 0 spiro atoms. The van der Waals surface area contributed by atoms with E-state index in [1.54, 1.807) is 0 Å². The molecule has 0 radical (unpaired) electrons. The Bertz CT molecular complexity index is 4820. The van der Waals surface area contributed by atoms with E-state index in [0.29, 0.717) is 0 Å². The van der Waals surface area contributed by atoms with Gasteiger partial charge >= 0.3 is 0 Å². The quantitative estimate of drug-likeness (QED) is 0.152. The summed E-state index contributed by atoms with van der Waals surface area (Å²) in [5, 5.41) is 10.1. The van der Waals surface area contributed by atoms with Crippen molar-refractivity contribution in [2.75, 3.05) is 0 Å². The van der Waals surface area contributed by atoms with Gasteiger partial charge < -0.3 is 18.3 Å². The first-order valence-electron chi connectivity index (χ1n) is 30.0. The SMILES string of the molecule is c1cc(-c2cccc(-c3cccc(-n4c5ccccc5c5ccccc54)c3)n2)cc(-n2c3ccccc3c3ccccc32)c1.c1cc(-c2cccc(-c3cccc(-n4c5ccccc5c5ccccc54)c3)n2)cc(-n2c3ccccc3c3ccccc32)c1. The molecule has 6 heterocycles. The smallest absolute Gasteiger partial charge is 0.0710 e. The molecule has 0 aliphatic rings. The van der Waals surface area contributed by atoms with E-state index in [2.05, 4.69) is 346 Å². The van der Waals surface area contributed by atoms with Crippen molar-refractivity contribution >= 4 is 87.2 Å². The number of para-hydroxylation sites is 8. The van der Waals surface area contributed by atoms with Gasteiger partial charge in [0.15, 0.2) is 0 Å². The third-order valence-corrected chi connectivity index (χ3v) is 17.4. The van der Waals surface area contributed by atoms with Crippen LogP contribution in [0.3, 0.4) is 0 Å². The van der Waals surface area contributed by atoms with Crippen LogP contribution in [0.15, 0.2) is 328 Å². The number of pyridine rings is 2. The van der Waals surface area contributed by atoms with Crippen LogP contribution in [0.4, 0.5) is 0 Å². The summed E-state index contributed by atoms with van der Waals surface area (Å²) < 4.78 is 9.42. The van der Waals surface area contributed by atoms with Crippen LogP contribution in [-0.2, 0) is 0 Å². The Balaban J connectivity index is 0.000000137. The lowest BCUT2D eigenvalue weighted by atomic mass is 10.1. The molecule has 18 aromatic rings. The Hall–Kier alpha value is -11.9. The van der Waals surface area contributed by atoms with Gasteiger partial charge in [0.25, 0.3) is 0 Å². The maximum Gasteiger partial charge on any atom is 0.0710 e. The highest BCUT2D eigenvalue weighted by Crippen LogP contribution is 2.39. The van der Waals surface area contributed by atoms with Crippen molar-refractivity contribution in [2.24, 2.45) is 0 Å². The zero-order chi connectivity index (χ0) is 58.1. The fourth-order valence-electron chi connectivity index (χ4n) is 13.5. The molecule has 88 heavy (non-hydrogen) atoms. The van der Waals surface area contributed by atoms with E-state index in [1.165, 1.54) is 87.2 Å². The van der Waals surface area contributed by atoms with Crippen molar-refractivity contribution in [1.82, 2.24) is 28.2 Å². The van der Waals surface area contributed by atoms with Gasteiger partial charge in [0.05, 0.1) is 66.9 Å². The van der Waals surface area contributed by atoms with Gasteiger partial charge in [-0.15, -0.1) is 0 Å². The predicted octanol–water partition coefficient (Wildman–Crippen LogP) is 21.2. The second-order valence-corrected chi connectivity index (χ2v) is 22.5. The minimum atomic E-state index is 0.951. The van der Waals surface area contributed by atoms with Crippen molar-refractivity contribution in [3.8, 4) is 67.8 Å². The van der Waals surface area contributed by atoms with E-state index in [-0.39, 0.29) is 0 Å². The molecule has 0 amide bonds. The van der Waals surface area contributed by atoms with Crippen LogP contribution in [0.25, 0.3) is 155 Å². The molecule has 0 saturated heterocycles. The second kappa shape index (κ2) is 21.0. The second-order valence-electron chi connectivity index (χ2n) is 22.5. The minimum absolute atomic E-state index is 0.951. The van der Waals surface area contributed by atoms with E-state index in [1.807, 2.05) is 0 Å². The summed E-state index contributed by atoms with van der Waals surface area (Å²) in [6.07, 6.45) is 0. The van der Waals surface area contributed by atoms with E-state index in [0.717, 1.165) is 67.8 Å². The average molecular weight is 1120 g/mol. The molecule has 6 nitrogen and oxygen atoms in total. The van der Waals surface area contributed by atoms with Crippen LogP contribution in [0.5, 0.6) is 0 Å². The molecule has 0 aliphatic carbocycles. The molecule has 6 aromatic heterocycles. The summed E-state index contributed by atoms with van der Waals surface area (Å²) in [5.41, 5.74) is 22.3. The minimum Gasteiger partial charge on any atom is -0.309 e. The number of hydrogen-bond acceptors (Lipinski definition) is 2. The zero-order valence-corrected chi connectivity index (χ0v) is 47.9. The average Bonchev–Trinajstić information content (AvgIpc) is 2.40. The molecule has 0 N–H and O–H groups in total. The van der Waals surface area contributed by atoms with Crippen molar-refractivity contribution in [1.29, 1.82) is 0 Å². The fourth-order valence-corrected chi connectivity index (χ4v) is 13.5. The van der Waals surface area contributed by atoms with Gasteiger partial charge in [-0.05, 0) is 121 Å². The topological polar surface area (TPSA) is 45.5 Å². The maximum absolute atomic E-state index is 5.19. The highest BCUT2D eigenvalue weighted by Gasteiger charge is 2.18. The first kappa shape index (κ1) is 50.6. The lowest BCUT2D eigenvalue weighted by Crippen LogP contribution is -1.96. The Morgan fingerprint density at radius 3 is 0.523 bits per heavy atom. The molecule has 0 saturated carbocycles. The molecule has 0 bridgehead atoms. The molecule has 0 unspecified atom stereocenters. The van der Waals surface area contributed by atoms with Gasteiger partial charge in [0.2, 0.25) is 0 Å². The van der Waals surface area contributed by atoms with Gasteiger partial charge in [-0.1, -0.05) is 206 Å². The third kappa shape index (κ3) is 8.49. The molecular formula is C82H54N6. The molecular weight excluding hydrogens is 1070 g/mol. The Labute approximate surface area is 508 Å². The van der Waals surface area contributed by atoms with Crippen LogP contribution < -0.4 is 0 Å². The standard InChI is InChI=1S/2C41H27N3/c2*1-5-22-38-32(16-1)33-17-2-6-23-39(33)43(38)30-14-9-12-28(26-30)36-20-11-21-37(42-36)29-13-10-15-31(27-29)44-40-24-7-3-18-34(40)35-19-4-8-25-41(35)44/h2*1-27H. The fraction of sp³-hybridized carbons (Fsp3) is 0. The van der Waals surface area contributed by atoms with Gasteiger partial charge in [0, 0.05) is 88.1 Å². The largest absolute Gasteiger partial charge is 0.309 e. The van der Waals surface area contributed by atoms with Crippen LogP contribution in [0, 0.1) is 0 Å². The normalized spacial score (nSPS) is 11.6. The molecule has 6 heteroatoms. The van der Waals surface area contributed by atoms with Crippen LogP contribution in [-0.4, -0.2) is 28.2 Å². The molecule has 412 valence electrons. The summed E-state index contributed by atoms with van der Waals surface area (Å²) in [5.74, 6) is 0. The summed E-state index contributed by atoms with van der Waals surface area (Å²) in [6.45, 7) is 0. The van der Waals surface area contributed by atoms with Crippen LogP contribution in [0.1, 0.15) is 0 Å². The molecule has 12 aromatic carbocycles. The summed E-state index contributed by atoms with van der Waals surface area (Å²) in [6, 6.07) is 117. The molecule has 0 fully saturated rings. The van der Waals surface area contributed by atoms with Gasteiger partial charge in [0.1, 0.15) is 0 Å². The van der Waals surface area contributed by atoms with E-state index in [9.17, 15) is 0 Å². The Morgan fingerprint density at radius 2 is 0.330 bits per heavy atom. The highest BCUT2D eigenvalue weighted by molar-refractivity contribution is 6.12. The van der Waals surface area contributed by atoms with Crippen molar-refractivity contribution in [2.45, 2.75) is 0 Å². The third-order valence-electron chi connectivity index (χ3n) is 17.4. The van der Waals surface area contributed by atoms with E-state index >= 15 is 0 Å². The number of aromatic nitrogens is 6. The predicted molar refractivity (Wildman–Crippen MR) is 368 cm³/mol. The summed E-state index contributed by atoms with van der Waals surface area (Å²) in [4.78, 5) is 10.4. The zero-order valence-electron chi connectivity index (χ0n) is 47.9. The van der Waals surface area contributed by atoms with Crippen LogP contribution in [0.2, 0.25) is 0 Å². The van der Waals surface area contributed by atoms with Crippen molar-refractivity contribution in [3.63, 3.8) is 0 Å². The first-order chi connectivity index (χ1) is 43.7. The highest BCUT2D eigenvalue weighted by atomic mass is 15.0. The first-order valence-corrected chi connectivity index (χ1v) is 30.0. The number of rotatable bonds is 8. The number of hydrogen-bond donors (Lipinski definition) is 0. The van der Waals surface area contributed by atoms with Gasteiger partial charge in [-0.2, -0.15) is 0 Å². The van der Waals surface area contributed by atoms with Gasteiger partial charge in [-0.25, -0.2) is 9.97 Å². The lowest BCUT2D eigenvalue weighted by Gasteiger charge is -2.12. The summed E-state index contributed by atoms with van der Waals surface area (Å²) in [7, 11) is 0. The van der Waals surface area contributed by atoms with E-state index < -0.39 is 0 Å². The monoisotopic (exact) mass is 1120 g/mol. The Kier molecular flexibility index (Phi) is 12.1. The molecule has 18 rings (SSSR count). The van der Waals surface area contributed by atoms with Crippen LogP contribution >= 0.6 is 0 Å². The van der Waals surface area contributed by atoms with E-state index in [4.69, 9.17) is 9.97 Å². The number of nitrogens with zero attached hydrogens (tertiary/aromatic N) is 6. The summed E-state index contributed by atoms with van der Waals surface area (Å²) >= 11 is 0. The molecule has 0 aliphatic heterocycles. The Morgan fingerprint density at radius 1 is 0.159 bits per heavy atom. The number of benzene rings is 12. The van der Waals surface area contributed by atoms with Gasteiger partial charge in [-0.3, -0.25) is 0 Å². The lowest BCUT2D eigenvalue weighted by molar-refractivity contribution is 1.17.